The van der Waals surface area contributed by atoms with Crippen LogP contribution in [0.5, 0.6) is 0 Å². The standard InChI is InChI=1S/C12H18N4O3/c1-12(8-3-4-8)10(18)15(11(19)14-12)7-9(17)16-6-2-5-13-16/h8,13H,2-7H2,1H3,(H,14,19). The Morgan fingerprint density at radius 2 is 2.16 bits per heavy atom. The van der Waals surface area contributed by atoms with Crippen LogP contribution in [-0.4, -0.2) is 52.9 Å². The van der Waals surface area contributed by atoms with Crippen LogP contribution in [-0.2, 0) is 9.59 Å². The Morgan fingerprint density at radius 3 is 2.74 bits per heavy atom. The minimum Gasteiger partial charge on any atom is -0.323 e. The van der Waals surface area contributed by atoms with Crippen molar-refractivity contribution in [3.63, 3.8) is 0 Å². The van der Waals surface area contributed by atoms with Gasteiger partial charge in [-0.1, -0.05) is 0 Å². The van der Waals surface area contributed by atoms with Gasteiger partial charge >= 0.3 is 6.03 Å². The molecule has 0 bridgehead atoms. The summed E-state index contributed by atoms with van der Waals surface area (Å²) < 4.78 is 0. The van der Waals surface area contributed by atoms with E-state index < -0.39 is 11.6 Å². The lowest BCUT2D eigenvalue weighted by Crippen LogP contribution is -2.48. The Kier molecular flexibility index (Phi) is 2.74. The van der Waals surface area contributed by atoms with Crippen molar-refractivity contribution < 1.29 is 14.4 Å². The zero-order chi connectivity index (χ0) is 13.6. The maximum atomic E-state index is 12.3. The van der Waals surface area contributed by atoms with Crippen LogP contribution in [0, 0.1) is 5.92 Å². The van der Waals surface area contributed by atoms with Gasteiger partial charge in [0.05, 0.1) is 0 Å². The molecular formula is C12H18N4O3. The average molecular weight is 266 g/mol. The molecule has 2 saturated heterocycles. The Balaban J connectivity index is 1.69. The van der Waals surface area contributed by atoms with Gasteiger partial charge in [0, 0.05) is 13.1 Å². The number of urea groups is 1. The number of hydrazine groups is 1. The summed E-state index contributed by atoms with van der Waals surface area (Å²) in [4.78, 5) is 37.2. The maximum absolute atomic E-state index is 12.3. The van der Waals surface area contributed by atoms with E-state index in [2.05, 4.69) is 10.7 Å². The van der Waals surface area contributed by atoms with Gasteiger partial charge in [0.2, 0.25) is 0 Å². The van der Waals surface area contributed by atoms with Crippen molar-refractivity contribution in [3.05, 3.63) is 0 Å². The van der Waals surface area contributed by atoms with Crippen LogP contribution >= 0.6 is 0 Å². The third-order valence-electron chi connectivity index (χ3n) is 4.15. The van der Waals surface area contributed by atoms with Gasteiger partial charge < -0.3 is 5.32 Å². The molecule has 1 aliphatic carbocycles. The number of rotatable bonds is 3. The number of carbonyl (C=O) groups is 3. The highest BCUT2D eigenvalue weighted by atomic mass is 16.2. The highest BCUT2D eigenvalue weighted by Gasteiger charge is 2.56. The average Bonchev–Trinajstić information content (AvgIpc) is 3.05. The summed E-state index contributed by atoms with van der Waals surface area (Å²) in [6, 6.07) is -0.452. The first-order chi connectivity index (χ1) is 9.02. The fraction of sp³-hybridized carbons (Fsp3) is 0.750. The molecule has 2 N–H and O–H groups in total. The molecule has 4 amide bonds. The highest BCUT2D eigenvalue weighted by Crippen LogP contribution is 2.42. The quantitative estimate of drug-likeness (QED) is 0.671. The smallest absolute Gasteiger partial charge is 0.323 e. The predicted molar refractivity (Wildman–Crippen MR) is 65.7 cm³/mol. The number of nitrogens with one attached hydrogen (secondary N) is 2. The van der Waals surface area contributed by atoms with Gasteiger partial charge in [0.25, 0.3) is 11.8 Å². The van der Waals surface area contributed by atoms with Crippen molar-refractivity contribution in [2.45, 2.75) is 31.7 Å². The van der Waals surface area contributed by atoms with Gasteiger partial charge in [-0.2, -0.15) is 0 Å². The SMILES string of the molecule is CC1(C2CC2)NC(=O)N(CC(=O)N2CCCN2)C1=O. The van der Waals surface area contributed by atoms with E-state index in [1.165, 1.54) is 5.01 Å². The van der Waals surface area contributed by atoms with Gasteiger partial charge in [-0.05, 0) is 32.1 Å². The van der Waals surface area contributed by atoms with Gasteiger partial charge in [0.1, 0.15) is 12.1 Å². The molecule has 7 heteroatoms. The number of hydrogen-bond acceptors (Lipinski definition) is 4. The van der Waals surface area contributed by atoms with Crippen LogP contribution < -0.4 is 10.7 Å². The molecule has 0 aromatic rings. The first-order valence-corrected chi connectivity index (χ1v) is 6.70. The van der Waals surface area contributed by atoms with Crippen molar-refractivity contribution in [2.24, 2.45) is 5.92 Å². The maximum Gasteiger partial charge on any atom is 0.325 e. The first kappa shape index (κ1) is 12.4. The summed E-state index contributed by atoms with van der Waals surface area (Å²) in [5.74, 6) is -0.289. The topological polar surface area (TPSA) is 81.8 Å². The molecule has 0 aromatic carbocycles. The van der Waals surface area contributed by atoms with E-state index in [0.717, 1.165) is 30.7 Å². The van der Waals surface area contributed by atoms with E-state index in [4.69, 9.17) is 0 Å². The molecule has 1 unspecified atom stereocenters. The van der Waals surface area contributed by atoms with Crippen molar-refractivity contribution in [1.82, 2.24) is 20.7 Å². The van der Waals surface area contributed by atoms with Gasteiger partial charge in [-0.25, -0.2) is 10.2 Å². The Bertz CT molecular complexity index is 442. The van der Waals surface area contributed by atoms with E-state index in [1.54, 1.807) is 6.92 Å². The lowest BCUT2D eigenvalue weighted by Gasteiger charge is -2.22. The fourth-order valence-electron chi connectivity index (χ4n) is 2.76. The molecule has 104 valence electrons. The Morgan fingerprint density at radius 1 is 1.42 bits per heavy atom. The number of imide groups is 1. The van der Waals surface area contributed by atoms with Crippen LogP contribution in [0.4, 0.5) is 4.79 Å². The van der Waals surface area contributed by atoms with Crippen LogP contribution in [0.2, 0.25) is 0 Å². The minimum atomic E-state index is -0.810. The van der Waals surface area contributed by atoms with Crippen molar-refractivity contribution in [1.29, 1.82) is 0 Å². The molecule has 0 radical (unpaired) electrons. The summed E-state index contributed by atoms with van der Waals surface area (Å²) >= 11 is 0. The zero-order valence-corrected chi connectivity index (χ0v) is 10.9. The Labute approximate surface area is 111 Å². The van der Waals surface area contributed by atoms with Gasteiger partial charge in [-0.3, -0.25) is 19.5 Å². The molecule has 2 aliphatic heterocycles. The lowest BCUT2D eigenvalue weighted by atomic mass is 9.96. The van der Waals surface area contributed by atoms with Crippen LogP contribution in [0.25, 0.3) is 0 Å². The highest BCUT2D eigenvalue weighted by molar-refractivity contribution is 6.09. The normalized spacial score (nSPS) is 31.0. The lowest BCUT2D eigenvalue weighted by molar-refractivity contribution is -0.139. The largest absolute Gasteiger partial charge is 0.325 e. The van der Waals surface area contributed by atoms with Gasteiger partial charge in [-0.15, -0.1) is 0 Å². The Hall–Kier alpha value is -1.63. The van der Waals surface area contributed by atoms with E-state index in [-0.39, 0.29) is 24.3 Å². The second kappa shape index (κ2) is 4.19. The molecule has 1 atom stereocenters. The van der Waals surface area contributed by atoms with E-state index in [0.29, 0.717) is 6.54 Å². The summed E-state index contributed by atoms with van der Waals surface area (Å²) in [5.41, 5.74) is 2.12. The molecular weight excluding hydrogens is 248 g/mol. The number of nitrogens with zero attached hydrogens (tertiary/aromatic N) is 2. The molecule has 0 spiro atoms. The molecule has 3 fully saturated rings. The van der Waals surface area contributed by atoms with E-state index in [1.807, 2.05) is 0 Å². The molecule has 3 aliphatic rings. The second-order valence-corrected chi connectivity index (χ2v) is 5.61. The number of carbonyl (C=O) groups excluding carboxylic acids is 3. The van der Waals surface area contributed by atoms with Gasteiger partial charge in [0.15, 0.2) is 0 Å². The van der Waals surface area contributed by atoms with E-state index in [9.17, 15) is 14.4 Å². The third kappa shape index (κ3) is 1.98. The monoisotopic (exact) mass is 266 g/mol. The molecule has 0 aromatic heterocycles. The molecule has 1 saturated carbocycles. The summed E-state index contributed by atoms with van der Waals surface area (Å²) in [6.45, 7) is 2.96. The second-order valence-electron chi connectivity index (χ2n) is 5.61. The van der Waals surface area contributed by atoms with Crippen LogP contribution in [0.15, 0.2) is 0 Å². The number of amides is 4. The summed E-state index contributed by atoms with van der Waals surface area (Å²) in [7, 11) is 0. The van der Waals surface area contributed by atoms with Crippen molar-refractivity contribution >= 4 is 17.8 Å². The van der Waals surface area contributed by atoms with E-state index >= 15 is 0 Å². The summed E-state index contributed by atoms with van der Waals surface area (Å²) in [5, 5.41) is 4.21. The summed E-state index contributed by atoms with van der Waals surface area (Å²) in [6.07, 6.45) is 2.81. The fourth-order valence-corrected chi connectivity index (χ4v) is 2.76. The molecule has 3 rings (SSSR count). The first-order valence-electron chi connectivity index (χ1n) is 6.70. The predicted octanol–water partition coefficient (Wildman–Crippen LogP) is -0.556. The molecule has 7 nitrogen and oxygen atoms in total. The molecule has 19 heavy (non-hydrogen) atoms. The number of hydrogen-bond donors (Lipinski definition) is 2. The molecule has 2 heterocycles. The van der Waals surface area contributed by atoms with Crippen molar-refractivity contribution in [2.75, 3.05) is 19.6 Å². The zero-order valence-electron chi connectivity index (χ0n) is 10.9. The van der Waals surface area contributed by atoms with Crippen LogP contribution in [0.1, 0.15) is 26.2 Å². The minimum absolute atomic E-state index is 0.181. The van der Waals surface area contributed by atoms with Crippen LogP contribution in [0.3, 0.4) is 0 Å². The third-order valence-corrected chi connectivity index (χ3v) is 4.15. The van der Waals surface area contributed by atoms with Crippen molar-refractivity contribution in [3.8, 4) is 0 Å².